The summed E-state index contributed by atoms with van der Waals surface area (Å²) in [6, 6.07) is 0. The molecule has 0 fully saturated rings. The van der Waals surface area contributed by atoms with Gasteiger partial charge in [0.1, 0.15) is 0 Å². The van der Waals surface area contributed by atoms with Crippen LogP contribution in [0.5, 0.6) is 0 Å². The largest absolute Gasteiger partial charge is 1.00 e. The Labute approximate surface area is 87.2 Å². The van der Waals surface area contributed by atoms with Crippen molar-refractivity contribution in [1.29, 1.82) is 0 Å². The molecule has 0 bridgehead atoms. The Morgan fingerprint density at radius 3 is 2.29 bits per heavy atom. The van der Waals surface area contributed by atoms with Crippen molar-refractivity contribution in [3.8, 4) is 0 Å². The molecule has 0 aromatic heterocycles. The summed E-state index contributed by atoms with van der Waals surface area (Å²) in [5.41, 5.74) is 0. The van der Waals surface area contributed by atoms with Crippen LogP contribution in [0.4, 0.5) is 0 Å². The smallest absolute Gasteiger partial charge is 1.00 e. The number of hydrogen-bond donors (Lipinski definition) is 1. The first-order chi connectivity index (χ1) is 2.77. The molecular weight excluding hydrogens is 119 g/mol. The van der Waals surface area contributed by atoms with Gasteiger partial charge in [0.2, 0.25) is 0 Å². The Balaban J connectivity index is -0.000000125. The normalized spacial score (nSPS) is 7.00. The van der Waals surface area contributed by atoms with E-state index < -0.39 is 5.97 Å². The van der Waals surface area contributed by atoms with Crippen LogP contribution in [0.1, 0.15) is 21.2 Å². The summed E-state index contributed by atoms with van der Waals surface area (Å²) in [7, 11) is 0. The second kappa shape index (κ2) is 7.11. The molecule has 0 aliphatic heterocycles. The number of rotatable bonds is 2. The van der Waals surface area contributed by atoms with Crippen LogP contribution in [0.15, 0.2) is 0 Å². The van der Waals surface area contributed by atoms with Gasteiger partial charge in [-0.05, 0) is 6.42 Å². The molecule has 0 amide bonds. The molecule has 0 aromatic rings. The molecule has 0 aliphatic carbocycles. The van der Waals surface area contributed by atoms with Crippen LogP contribution < -0.4 is 51.4 Å². The van der Waals surface area contributed by atoms with E-state index in [-0.39, 0.29) is 52.8 Å². The van der Waals surface area contributed by atoms with E-state index in [0.717, 1.165) is 6.42 Å². The predicted molar refractivity (Wildman–Crippen MR) is 23.7 cm³/mol. The van der Waals surface area contributed by atoms with Gasteiger partial charge in [-0.3, -0.25) is 4.79 Å². The molecule has 0 aromatic carbocycles. The third-order valence-electron chi connectivity index (χ3n) is 0.464. The van der Waals surface area contributed by atoms with Crippen LogP contribution in [-0.2, 0) is 4.79 Å². The van der Waals surface area contributed by atoms with E-state index in [1.54, 1.807) is 0 Å². The Kier molecular flexibility index (Phi) is 11.1. The summed E-state index contributed by atoms with van der Waals surface area (Å²) in [4.78, 5) is 9.60. The Bertz CT molecular complexity index is 58.0. The van der Waals surface area contributed by atoms with Crippen molar-refractivity contribution in [2.45, 2.75) is 19.8 Å². The van der Waals surface area contributed by atoms with Gasteiger partial charge in [-0.25, -0.2) is 0 Å². The minimum atomic E-state index is -0.711. The average Bonchev–Trinajstić information content (AvgIpc) is 1.35. The number of aliphatic carboxylic acids is 1. The molecule has 0 radical (unpaired) electrons. The van der Waals surface area contributed by atoms with Gasteiger partial charge in [-0.15, -0.1) is 0 Å². The van der Waals surface area contributed by atoms with Crippen molar-refractivity contribution >= 4 is 5.97 Å². The third kappa shape index (κ3) is 11.0. The van der Waals surface area contributed by atoms with Gasteiger partial charge < -0.3 is 6.53 Å². The molecule has 0 rings (SSSR count). The van der Waals surface area contributed by atoms with Gasteiger partial charge in [-0.2, -0.15) is 0 Å². The van der Waals surface area contributed by atoms with E-state index >= 15 is 0 Å². The van der Waals surface area contributed by atoms with Crippen molar-refractivity contribution in [3.63, 3.8) is 0 Å². The van der Waals surface area contributed by atoms with Crippen molar-refractivity contribution < 1.29 is 62.7 Å². The fraction of sp³-hybridized carbons (Fsp3) is 0.750. The van der Waals surface area contributed by atoms with Crippen LogP contribution >= 0.6 is 0 Å². The Morgan fingerprint density at radius 2 is 2.29 bits per heavy atom. The van der Waals surface area contributed by atoms with Gasteiger partial charge >= 0.3 is 57.4 Å². The summed E-state index contributed by atoms with van der Waals surface area (Å²) >= 11 is 0. The molecule has 0 saturated heterocycles. The van der Waals surface area contributed by atoms with Crippen LogP contribution in [0.25, 0.3) is 0 Å². The monoisotopic (exact) mass is 128 g/mol. The van der Waals surface area contributed by atoms with E-state index in [9.17, 15) is 4.79 Å². The van der Waals surface area contributed by atoms with E-state index in [2.05, 4.69) is 0 Å². The van der Waals surface area contributed by atoms with Crippen molar-refractivity contribution in [2.75, 3.05) is 0 Å². The van der Waals surface area contributed by atoms with Gasteiger partial charge in [0.05, 0.1) is 0 Å². The molecule has 2 nitrogen and oxygen atoms in total. The number of hydrogen-bond acceptors (Lipinski definition) is 1. The third-order valence-corrected chi connectivity index (χ3v) is 0.464. The molecule has 1 N–H and O–H groups in total. The van der Waals surface area contributed by atoms with E-state index in [1.807, 2.05) is 6.92 Å². The maximum absolute atomic E-state index is 9.60. The molecule has 0 saturated carbocycles. The second-order valence-corrected chi connectivity index (χ2v) is 1.14. The Morgan fingerprint density at radius 1 is 1.86 bits per heavy atom. The first-order valence-electron chi connectivity index (χ1n) is 1.99. The zero-order valence-electron chi connectivity index (χ0n) is 5.77. The molecule has 0 spiro atoms. The fourth-order valence-electron chi connectivity index (χ4n) is 0.214. The average molecular weight is 128 g/mol. The maximum Gasteiger partial charge on any atom is 1.00 e. The van der Waals surface area contributed by atoms with Gasteiger partial charge in [0.15, 0.2) is 0 Å². The molecule has 0 heterocycles. The summed E-state index contributed by atoms with van der Waals surface area (Å²) in [6.07, 6.45) is 1.02. The molecule has 0 aliphatic rings. The summed E-state index contributed by atoms with van der Waals surface area (Å²) < 4.78 is 0. The molecule has 38 valence electrons. The summed E-state index contributed by atoms with van der Waals surface area (Å²) in [5.74, 6) is -0.711. The van der Waals surface area contributed by atoms with E-state index in [1.165, 1.54) is 0 Å². The zero-order chi connectivity index (χ0) is 4.99. The maximum atomic E-state index is 9.60. The SMILES string of the molecule is CCCC(=O)O.[H-].[K+]. The van der Waals surface area contributed by atoms with Gasteiger partial charge in [0.25, 0.3) is 0 Å². The standard InChI is InChI=1S/C4H8O2.K.H/c1-2-3-4(5)6;;/h2-3H2,1H3,(H,5,6);;/q;+1;-1. The first-order valence-corrected chi connectivity index (χ1v) is 1.99. The summed E-state index contributed by atoms with van der Waals surface area (Å²) in [5, 5.41) is 7.91. The Hall–Kier alpha value is 1.11. The van der Waals surface area contributed by atoms with E-state index in [4.69, 9.17) is 5.11 Å². The summed E-state index contributed by atoms with van der Waals surface area (Å²) in [6.45, 7) is 1.84. The van der Waals surface area contributed by atoms with Gasteiger partial charge in [-0.1, -0.05) is 6.92 Å². The first kappa shape index (κ1) is 11.0. The van der Waals surface area contributed by atoms with Gasteiger partial charge in [0, 0.05) is 6.42 Å². The van der Waals surface area contributed by atoms with Crippen LogP contribution in [-0.4, -0.2) is 11.1 Å². The van der Waals surface area contributed by atoms with Crippen molar-refractivity contribution in [3.05, 3.63) is 0 Å². The number of carboxylic acid groups (broad SMARTS) is 1. The molecule has 0 atom stereocenters. The number of carbonyl (C=O) groups is 1. The quantitative estimate of drug-likeness (QED) is 0.436. The topological polar surface area (TPSA) is 37.3 Å². The molecule has 7 heavy (non-hydrogen) atoms. The van der Waals surface area contributed by atoms with Crippen LogP contribution in [0.3, 0.4) is 0 Å². The van der Waals surface area contributed by atoms with Crippen LogP contribution in [0.2, 0.25) is 0 Å². The number of carboxylic acids is 1. The second-order valence-electron chi connectivity index (χ2n) is 1.14. The van der Waals surface area contributed by atoms with E-state index in [0.29, 0.717) is 6.42 Å². The molecular formula is C4H9KO2. The molecule has 0 unspecified atom stereocenters. The predicted octanol–water partition coefficient (Wildman–Crippen LogP) is -2.01. The molecule has 3 heteroatoms. The van der Waals surface area contributed by atoms with Crippen molar-refractivity contribution in [1.82, 2.24) is 0 Å². The zero-order valence-corrected chi connectivity index (χ0v) is 7.89. The minimum Gasteiger partial charge on any atom is -1.00 e. The van der Waals surface area contributed by atoms with Crippen molar-refractivity contribution in [2.24, 2.45) is 0 Å². The fourth-order valence-corrected chi connectivity index (χ4v) is 0.214. The van der Waals surface area contributed by atoms with Crippen LogP contribution in [0, 0.1) is 0 Å². The minimum absolute atomic E-state index is 0.